The number of hydrogen-bond donors (Lipinski definition) is 1. The summed E-state index contributed by atoms with van der Waals surface area (Å²) in [7, 11) is 1.63. The Morgan fingerprint density at radius 1 is 1.25 bits per heavy atom. The van der Waals surface area contributed by atoms with Gasteiger partial charge in [0.15, 0.2) is 0 Å². The van der Waals surface area contributed by atoms with Crippen molar-refractivity contribution in [3.8, 4) is 11.5 Å². The summed E-state index contributed by atoms with van der Waals surface area (Å²) in [6.07, 6.45) is 1.87. The van der Waals surface area contributed by atoms with E-state index in [0.717, 1.165) is 41.2 Å². The van der Waals surface area contributed by atoms with Crippen LogP contribution in [0.3, 0.4) is 0 Å². The zero-order valence-electron chi connectivity index (χ0n) is 18.4. The van der Waals surface area contributed by atoms with Gasteiger partial charge in [-0.05, 0) is 37.6 Å². The maximum atomic E-state index is 13.2. The highest BCUT2D eigenvalue weighted by Crippen LogP contribution is 2.28. The number of benzene rings is 2. The van der Waals surface area contributed by atoms with Crippen LogP contribution in [0, 0.1) is 12.7 Å². The largest absolute Gasteiger partial charge is 0.496 e. The Hall–Kier alpha value is -3.35. The molecular formula is C25H28FN3O3. The minimum absolute atomic E-state index is 0.107. The number of rotatable bonds is 8. The van der Waals surface area contributed by atoms with Gasteiger partial charge in [-0.3, -0.25) is 9.89 Å². The zero-order chi connectivity index (χ0) is 22.5. The van der Waals surface area contributed by atoms with E-state index >= 15 is 0 Å². The van der Waals surface area contributed by atoms with Crippen LogP contribution in [-0.2, 0) is 17.6 Å². The summed E-state index contributed by atoms with van der Waals surface area (Å²) in [5.74, 6) is 1.27. The number of aryl methyl sites for hydroxylation is 1. The molecule has 0 saturated carbocycles. The van der Waals surface area contributed by atoms with Gasteiger partial charge in [-0.15, -0.1) is 0 Å². The molecule has 3 aromatic rings. The van der Waals surface area contributed by atoms with Gasteiger partial charge in [0.25, 0.3) is 0 Å². The molecule has 1 amide bonds. The number of amides is 1. The monoisotopic (exact) mass is 437 g/mol. The van der Waals surface area contributed by atoms with Crippen molar-refractivity contribution in [1.82, 2.24) is 15.1 Å². The van der Waals surface area contributed by atoms with E-state index < -0.39 is 0 Å². The summed E-state index contributed by atoms with van der Waals surface area (Å²) < 4.78 is 24.2. The molecule has 2 aromatic carbocycles. The Labute approximate surface area is 187 Å². The van der Waals surface area contributed by atoms with Crippen molar-refractivity contribution < 1.29 is 18.7 Å². The van der Waals surface area contributed by atoms with Crippen LogP contribution in [0.15, 0.2) is 48.5 Å². The molecule has 0 radical (unpaired) electrons. The van der Waals surface area contributed by atoms with E-state index in [4.69, 9.17) is 9.47 Å². The number of ether oxygens (including phenoxy) is 2. The number of aromatic amines is 1. The van der Waals surface area contributed by atoms with Gasteiger partial charge >= 0.3 is 0 Å². The predicted octanol–water partition coefficient (Wildman–Crippen LogP) is 4.05. The summed E-state index contributed by atoms with van der Waals surface area (Å²) in [6.45, 7) is 3.83. The quantitative estimate of drug-likeness (QED) is 0.578. The molecule has 0 bridgehead atoms. The van der Waals surface area contributed by atoms with Crippen molar-refractivity contribution in [2.24, 2.45) is 0 Å². The number of methoxy groups -OCH3 is 1. The lowest BCUT2D eigenvalue weighted by atomic mass is 10.0. The first kappa shape index (κ1) is 21.9. The third-order valence-electron chi connectivity index (χ3n) is 5.82. The molecule has 2 heterocycles. The molecule has 0 aliphatic carbocycles. The number of carbonyl (C=O) groups is 1. The van der Waals surface area contributed by atoms with Crippen LogP contribution in [0.1, 0.15) is 34.9 Å². The fourth-order valence-electron chi connectivity index (χ4n) is 4.10. The molecule has 1 aliphatic heterocycles. The van der Waals surface area contributed by atoms with Crippen LogP contribution in [-0.4, -0.2) is 47.8 Å². The molecule has 6 nitrogen and oxygen atoms in total. The number of nitrogens with one attached hydrogen (secondary N) is 1. The van der Waals surface area contributed by atoms with Crippen molar-refractivity contribution in [2.75, 3.05) is 26.8 Å². The number of likely N-dealkylation sites (tertiary alicyclic amines) is 1. The van der Waals surface area contributed by atoms with Crippen LogP contribution in [0.4, 0.5) is 4.39 Å². The molecular weight excluding hydrogens is 409 g/mol. The fraction of sp³-hybridized carbons (Fsp3) is 0.360. The van der Waals surface area contributed by atoms with Crippen molar-refractivity contribution in [1.29, 1.82) is 0 Å². The van der Waals surface area contributed by atoms with E-state index in [-0.39, 0.29) is 17.6 Å². The fourth-order valence-corrected chi connectivity index (χ4v) is 4.10. The molecule has 168 valence electrons. The number of H-pyrrole nitrogens is 1. The topological polar surface area (TPSA) is 67.4 Å². The smallest absolute Gasteiger partial charge is 0.227 e. The first-order chi connectivity index (χ1) is 15.5. The van der Waals surface area contributed by atoms with Crippen molar-refractivity contribution in [3.05, 3.63) is 76.9 Å². The molecule has 7 heteroatoms. The number of nitrogens with zero attached hydrogens (tertiary/aromatic N) is 2. The third-order valence-corrected chi connectivity index (χ3v) is 5.82. The summed E-state index contributed by atoms with van der Waals surface area (Å²) in [5, 5.41) is 7.52. The lowest BCUT2D eigenvalue weighted by Gasteiger charge is -2.17. The lowest BCUT2D eigenvalue weighted by Crippen LogP contribution is -2.30. The van der Waals surface area contributed by atoms with E-state index in [0.29, 0.717) is 31.7 Å². The SMILES string of the molecule is COc1ccc(C)cc1CC(=O)N1CCC(c2cc(CCOc3cccc(F)c3)[nH]n2)C1. The standard InChI is InChI=1S/C25H28FN3O3/c1-17-6-7-24(31-2)19(12-17)13-25(30)29-10-8-18(16-29)23-15-21(27-28-23)9-11-32-22-5-3-4-20(26)14-22/h3-7,12,14-15,18H,8-11,13,16H2,1-2H3,(H,27,28). The first-order valence-corrected chi connectivity index (χ1v) is 10.9. The maximum absolute atomic E-state index is 13.2. The van der Waals surface area contributed by atoms with Crippen molar-refractivity contribution in [2.45, 2.75) is 32.1 Å². The molecule has 32 heavy (non-hydrogen) atoms. The first-order valence-electron chi connectivity index (χ1n) is 10.9. The van der Waals surface area contributed by atoms with Gasteiger partial charge in [0.2, 0.25) is 5.91 Å². The van der Waals surface area contributed by atoms with Crippen LogP contribution < -0.4 is 9.47 Å². The molecule has 1 fully saturated rings. The van der Waals surface area contributed by atoms with Crippen molar-refractivity contribution >= 4 is 5.91 Å². The second-order valence-corrected chi connectivity index (χ2v) is 8.19. The summed E-state index contributed by atoms with van der Waals surface area (Å²) in [4.78, 5) is 14.8. The van der Waals surface area contributed by atoms with E-state index in [1.807, 2.05) is 36.1 Å². The molecule has 1 atom stereocenters. The van der Waals surface area contributed by atoms with Gasteiger partial charge in [0.1, 0.15) is 17.3 Å². The Morgan fingerprint density at radius 3 is 2.94 bits per heavy atom. The van der Waals surface area contributed by atoms with E-state index in [2.05, 4.69) is 10.2 Å². The van der Waals surface area contributed by atoms with Crippen LogP contribution >= 0.6 is 0 Å². The third kappa shape index (κ3) is 5.28. The van der Waals surface area contributed by atoms with Gasteiger partial charge < -0.3 is 14.4 Å². The highest BCUT2D eigenvalue weighted by Gasteiger charge is 2.29. The number of halogens is 1. The van der Waals surface area contributed by atoms with E-state index in [1.165, 1.54) is 12.1 Å². The molecule has 1 N–H and O–H groups in total. The second-order valence-electron chi connectivity index (χ2n) is 8.19. The molecule has 0 spiro atoms. The van der Waals surface area contributed by atoms with Gasteiger partial charge in [0.05, 0.1) is 25.8 Å². The minimum atomic E-state index is -0.312. The molecule has 4 rings (SSSR count). The Balaban J connectivity index is 1.29. The predicted molar refractivity (Wildman–Crippen MR) is 120 cm³/mol. The number of hydrogen-bond acceptors (Lipinski definition) is 4. The van der Waals surface area contributed by atoms with Crippen LogP contribution in [0.5, 0.6) is 11.5 Å². The van der Waals surface area contributed by atoms with Crippen molar-refractivity contribution in [3.63, 3.8) is 0 Å². The second kappa shape index (κ2) is 9.85. The van der Waals surface area contributed by atoms with Crippen LogP contribution in [0.25, 0.3) is 0 Å². The van der Waals surface area contributed by atoms with Gasteiger partial charge in [-0.25, -0.2) is 4.39 Å². The summed E-state index contributed by atoms with van der Waals surface area (Å²) in [5.41, 5.74) is 3.96. The van der Waals surface area contributed by atoms with E-state index in [1.54, 1.807) is 19.2 Å². The van der Waals surface area contributed by atoms with Gasteiger partial charge in [-0.1, -0.05) is 23.8 Å². The zero-order valence-corrected chi connectivity index (χ0v) is 18.4. The molecule has 1 unspecified atom stereocenters. The lowest BCUT2D eigenvalue weighted by molar-refractivity contribution is -0.129. The average molecular weight is 438 g/mol. The minimum Gasteiger partial charge on any atom is -0.496 e. The maximum Gasteiger partial charge on any atom is 0.227 e. The number of carbonyl (C=O) groups excluding carboxylic acids is 1. The summed E-state index contributed by atoms with van der Waals surface area (Å²) in [6, 6.07) is 14.1. The van der Waals surface area contributed by atoms with E-state index in [9.17, 15) is 9.18 Å². The Bertz CT molecular complexity index is 1080. The normalized spacial score (nSPS) is 15.7. The van der Waals surface area contributed by atoms with Gasteiger partial charge in [-0.2, -0.15) is 5.10 Å². The highest BCUT2D eigenvalue weighted by atomic mass is 19.1. The average Bonchev–Trinajstić information content (AvgIpc) is 3.44. The molecule has 1 aliphatic rings. The van der Waals surface area contributed by atoms with Gasteiger partial charge in [0, 0.05) is 42.8 Å². The Morgan fingerprint density at radius 2 is 2.12 bits per heavy atom. The molecule has 1 saturated heterocycles. The number of aromatic nitrogens is 2. The highest BCUT2D eigenvalue weighted by molar-refractivity contribution is 5.80. The van der Waals surface area contributed by atoms with Crippen LogP contribution in [0.2, 0.25) is 0 Å². The summed E-state index contributed by atoms with van der Waals surface area (Å²) >= 11 is 0. The molecule has 1 aromatic heterocycles. The Kier molecular flexibility index (Phi) is 6.73.